The third kappa shape index (κ3) is 4.90. The predicted octanol–water partition coefficient (Wildman–Crippen LogP) is 4.63. The number of rotatable bonds is 6. The van der Waals surface area contributed by atoms with Crippen LogP contribution in [0.5, 0.6) is 0 Å². The van der Waals surface area contributed by atoms with E-state index in [1.165, 1.54) is 43.8 Å². The van der Waals surface area contributed by atoms with E-state index >= 15 is 0 Å². The molecular weight excluding hydrogens is 521 g/mol. The van der Waals surface area contributed by atoms with Gasteiger partial charge in [0.15, 0.2) is 0 Å². The fraction of sp³-hybridized carbons (Fsp3) is 0.357. The molecule has 9 nitrogen and oxygen atoms in total. The van der Waals surface area contributed by atoms with Crippen molar-refractivity contribution < 1.29 is 14.0 Å². The molecule has 0 unspecified atom stereocenters. The molecule has 39 heavy (non-hydrogen) atoms. The highest BCUT2D eigenvalue weighted by atomic mass is 35.5. The Morgan fingerprint density at radius 1 is 1.10 bits per heavy atom. The number of halogens is 2. The molecule has 0 bridgehead atoms. The first-order chi connectivity index (χ1) is 18.9. The summed E-state index contributed by atoms with van der Waals surface area (Å²) in [6.07, 6.45) is 7.55. The van der Waals surface area contributed by atoms with Crippen LogP contribution in [0.4, 0.5) is 21.7 Å². The first-order valence-electron chi connectivity index (χ1n) is 13.2. The molecule has 0 spiro atoms. The van der Waals surface area contributed by atoms with E-state index in [1.54, 1.807) is 6.08 Å². The minimum absolute atomic E-state index is 0.0295. The van der Waals surface area contributed by atoms with Crippen molar-refractivity contribution in [2.75, 3.05) is 43.4 Å². The van der Waals surface area contributed by atoms with Crippen LogP contribution in [0.3, 0.4) is 0 Å². The van der Waals surface area contributed by atoms with Gasteiger partial charge in [0.1, 0.15) is 23.8 Å². The van der Waals surface area contributed by atoms with Gasteiger partial charge in [-0.25, -0.2) is 14.4 Å². The lowest BCUT2D eigenvalue weighted by Gasteiger charge is -2.32. The third-order valence-corrected chi connectivity index (χ3v) is 7.99. The average Bonchev–Trinajstić information content (AvgIpc) is 3.43. The van der Waals surface area contributed by atoms with Crippen molar-refractivity contribution in [3.8, 4) is 0 Å². The van der Waals surface area contributed by atoms with Crippen LogP contribution < -0.4 is 10.6 Å². The normalized spacial score (nSPS) is 18.3. The summed E-state index contributed by atoms with van der Waals surface area (Å²) in [7, 11) is 0. The van der Waals surface area contributed by atoms with Gasteiger partial charge in [-0.2, -0.15) is 0 Å². The second kappa shape index (κ2) is 10.4. The number of benzene rings is 1. The van der Waals surface area contributed by atoms with Gasteiger partial charge in [-0.1, -0.05) is 18.0 Å². The number of hydrogen-bond acceptors (Lipinski definition) is 6. The van der Waals surface area contributed by atoms with Gasteiger partial charge in [0.05, 0.1) is 21.7 Å². The highest BCUT2D eigenvalue weighted by molar-refractivity contribution is 6.35. The largest absolute Gasteiger partial charge is 0.358 e. The lowest BCUT2D eigenvalue weighted by molar-refractivity contribution is -0.110. The van der Waals surface area contributed by atoms with Crippen molar-refractivity contribution in [2.24, 2.45) is 0 Å². The van der Waals surface area contributed by atoms with Crippen LogP contribution in [0.1, 0.15) is 52.1 Å². The van der Waals surface area contributed by atoms with E-state index in [4.69, 9.17) is 11.6 Å². The highest BCUT2D eigenvalue weighted by Crippen LogP contribution is 2.38. The Labute approximate surface area is 230 Å². The molecule has 2 aromatic heterocycles. The highest BCUT2D eigenvalue weighted by Gasteiger charge is 2.32. The van der Waals surface area contributed by atoms with Crippen LogP contribution in [0, 0.1) is 12.7 Å². The molecule has 0 aliphatic carbocycles. The molecule has 0 saturated carbocycles. The van der Waals surface area contributed by atoms with Crippen molar-refractivity contribution in [1.82, 2.24) is 24.8 Å². The Bertz CT molecular complexity index is 1500. The number of hydrogen-bond donors (Lipinski definition) is 3. The number of carbonyl (C=O) groups is 2. The van der Waals surface area contributed by atoms with Crippen LogP contribution in [-0.4, -0.2) is 69.3 Å². The number of anilines is 3. The van der Waals surface area contributed by atoms with E-state index in [2.05, 4.69) is 30.5 Å². The fourth-order valence-corrected chi connectivity index (χ4v) is 5.76. The Balaban J connectivity index is 1.28. The minimum atomic E-state index is -0.529. The van der Waals surface area contributed by atoms with Gasteiger partial charge >= 0.3 is 0 Å². The summed E-state index contributed by atoms with van der Waals surface area (Å²) >= 11 is 5.94. The van der Waals surface area contributed by atoms with Crippen molar-refractivity contribution in [3.05, 3.63) is 63.4 Å². The molecule has 0 radical (unpaired) electrons. The maximum atomic E-state index is 13.6. The number of fused-ring (bicyclic) bond motifs is 2. The van der Waals surface area contributed by atoms with Gasteiger partial charge in [-0.15, -0.1) is 0 Å². The summed E-state index contributed by atoms with van der Waals surface area (Å²) in [5.74, 6) is -0.0839. The number of aromatic amines is 1. The molecule has 3 aromatic rings. The number of nitrogens with zero attached hydrogens (tertiary/aromatic N) is 4. The molecule has 3 aliphatic heterocycles. The lowest BCUT2D eigenvalue weighted by atomic mass is 10.0. The van der Waals surface area contributed by atoms with Crippen molar-refractivity contribution >= 4 is 52.4 Å². The fourth-order valence-electron chi connectivity index (χ4n) is 5.58. The SMILES string of the molecule is Cc1c(C=C2C(=O)Nc3ncnc(Nc4ccc(F)c(Cl)c4)c32)[nH]c2c1C(=O)N(CCN1CCCCC1)CC2. The Hall–Kier alpha value is -3.76. The third-order valence-electron chi connectivity index (χ3n) is 7.70. The van der Waals surface area contributed by atoms with Crippen molar-refractivity contribution in [1.29, 1.82) is 0 Å². The molecule has 1 aromatic carbocycles. The number of amides is 2. The lowest BCUT2D eigenvalue weighted by Crippen LogP contribution is -2.43. The first kappa shape index (κ1) is 25.5. The van der Waals surface area contributed by atoms with Gasteiger partial charge in [0.2, 0.25) is 0 Å². The maximum Gasteiger partial charge on any atom is 0.257 e. The molecule has 5 heterocycles. The summed E-state index contributed by atoms with van der Waals surface area (Å²) in [6.45, 7) is 6.39. The smallest absolute Gasteiger partial charge is 0.257 e. The molecular formula is C28H29ClFN7O2. The van der Waals surface area contributed by atoms with E-state index in [9.17, 15) is 14.0 Å². The number of likely N-dealkylation sites (tertiary alicyclic amines) is 1. The molecule has 11 heteroatoms. The molecule has 2 amide bonds. The van der Waals surface area contributed by atoms with E-state index in [0.29, 0.717) is 46.3 Å². The molecule has 1 saturated heterocycles. The number of H-pyrrole nitrogens is 1. The van der Waals surface area contributed by atoms with Gasteiger partial charge < -0.3 is 25.4 Å². The molecule has 202 valence electrons. The number of piperidine rings is 1. The predicted molar refractivity (Wildman–Crippen MR) is 149 cm³/mol. The zero-order valence-corrected chi connectivity index (χ0v) is 22.4. The second-order valence-electron chi connectivity index (χ2n) is 10.2. The second-order valence-corrected chi connectivity index (χ2v) is 10.6. The van der Waals surface area contributed by atoms with E-state index in [-0.39, 0.29) is 16.8 Å². The summed E-state index contributed by atoms with van der Waals surface area (Å²) < 4.78 is 13.6. The molecule has 1 fully saturated rings. The van der Waals surface area contributed by atoms with Crippen LogP contribution in [0.25, 0.3) is 11.6 Å². The summed E-state index contributed by atoms with van der Waals surface area (Å²) in [5, 5.41) is 5.87. The molecule has 3 N–H and O–H groups in total. The number of carbonyl (C=O) groups excluding carboxylic acids is 2. The Morgan fingerprint density at radius 2 is 1.92 bits per heavy atom. The van der Waals surface area contributed by atoms with Crippen LogP contribution in [-0.2, 0) is 11.2 Å². The molecule has 6 rings (SSSR count). The number of aromatic nitrogens is 3. The van der Waals surface area contributed by atoms with Crippen LogP contribution in [0.15, 0.2) is 24.5 Å². The molecule has 3 aliphatic rings. The van der Waals surface area contributed by atoms with E-state index in [1.807, 2.05) is 11.8 Å². The van der Waals surface area contributed by atoms with Crippen molar-refractivity contribution in [2.45, 2.75) is 32.6 Å². The average molecular weight is 550 g/mol. The van der Waals surface area contributed by atoms with Crippen LogP contribution in [0.2, 0.25) is 5.02 Å². The summed E-state index contributed by atoms with van der Waals surface area (Å²) in [5.41, 5.74) is 4.45. The van der Waals surface area contributed by atoms with Crippen molar-refractivity contribution in [3.63, 3.8) is 0 Å². The van der Waals surface area contributed by atoms with Gasteiger partial charge in [0.25, 0.3) is 11.8 Å². The molecule has 0 atom stereocenters. The quantitative estimate of drug-likeness (QED) is 0.387. The first-order valence-corrected chi connectivity index (χ1v) is 13.6. The topological polar surface area (TPSA) is 106 Å². The zero-order chi connectivity index (χ0) is 27.1. The maximum absolute atomic E-state index is 13.6. The Kier molecular flexibility index (Phi) is 6.82. The van der Waals surface area contributed by atoms with Gasteiger partial charge in [-0.05, 0) is 62.7 Å². The summed E-state index contributed by atoms with van der Waals surface area (Å²) in [4.78, 5) is 42.8. The standard InChI is InChI=1S/C28H29ClFN7O2/c1-16-22(34-21-7-10-37(28(39)23(16)21)12-11-36-8-3-2-4-9-36)14-18-24-25(31-15-32-26(24)35-27(18)38)33-17-5-6-20(30)19(29)13-17/h5-6,13-15,34H,2-4,7-12H2,1H3,(H2,31,32,33,35,38). The number of nitrogens with one attached hydrogen (secondary N) is 3. The Morgan fingerprint density at radius 3 is 2.72 bits per heavy atom. The van der Waals surface area contributed by atoms with E-state index < -0.39 is 5.82 Å². The minimum Gasteiger partial charge on any atom is -0.358 e. The van der Waals surface area contributed by atoms with E-state index in [0.717, 1.165) is 43.9 Å². The van der Waals surface area contributed by atoms with Crippen LogP contribution >= 0.6 is 11.6 Å². The monoisotopic (exact) mass is 549 g/mol. The summed E-state index contributed by atoms with van der Waals surface area (Å²) in [6, 6.07) is 4.24. The van der Waals surface area contributed by atoms with Gasteiger partial charge in [0, 0.05) is 43.1 Å². The van der Waals surface area contributed by atoms with Gasteiger partial charge in [-0.3, -0.25) is 9.59 Å². The zero-order valence-electron chi connectivity index (χ0n) is 21.6.